The molecule has 21 nitrogen and oxygen atoms in total. The molecule has 9 aromatic carbocycles. The number of nitro benzene ring substituents is 3. The molecule has 21 heteroatoms. The summed E-state index contributed by atoms with van der Waals surface area (Å²) in [4.78, 5) is 31.4. The minimum absolute atomic E-state index is 0.00330. The number of azo groups is 3. The SMILES string of the molecule is CC(c1ccc(OCCCCCCOc2ccc(N=Nc3ccc([N+](=O)[O-])cc3)cc2)cc1)(c1ccc(OCCCCCCOc2ccc(N=Nc3ccc([N+](=O)[O-])cc3)cc2)cc1)c1ccc(OCCCCCCOc2ccc(N=Nc3ccc([N+](=O)[O-])cc3)cc2)cc1. The Morgan fingerprint density at radius 1 is 0.253 bits per heavy atom. The van der Waals surface area contributed by atoms with E-state index >= 15 is 0 Å². The van der Waals surface area contributed by atoms with Crippen LogP contribution in [0.25, 0.3) is 0 Å². The summed E-state index contributed by atoms with van der Waals surface area (Å²) < 4.78 is 36.6. The second-order valence-corrected chi connectivity index (χ2v) is 22.4. The molecule has 0 saturated heterocycles. The Balaban J connectivity index is 0.704. The first kappa shape index (κ1) is 68.2. The Hall–Kier alpha value is -11.2. The molecule has 0 saturated carbocycles. The van der Waals surface area contributed by atoms with E-state index in [1.54, 1.807) is 36.4 Å². The van der Waals surface area contributed by atoms with Gasteiger partial charge in [0.2, 0.25) is 0 Å². The molecule has 0 N–H and O–H groups in total. The molecule has 0 bridgehead atoms. The van der Waals surface area contributed by atoms with Gasteiger partial charge in [-0.1, -0.05) is 36.4 Å². The van der Waals surface area contributed by atoms with Crippen molar-refractivity contribution in [2.45, 2.75) is 89.4 Å². The summed E-state index contributed by atoms with van der Waals surface area (Å²) in [5, 5.41) is 57.9. The quantitative estimate of drug-likeness (QED) is 0.0115. The van der Waals surface area contributed by atoms with Crippen LogP contribution in [-0.2, 0) is 5.41 Å². The van der Waals surface area contributed by atoms with Crippen molar-refractivity contribution >= 4 is 51.2 Å². The van der Waals surface area contributed by atoms with E-state index < -0.39 is 20.2 Å². The van der Waals surface area contributed by atoms with Gasteiger partial charge in [0.15, 0.2) is 0 Å². The Morgan fingerprint density at radius 2 is 0.411 bits per heavy atom. The van der Waals surface area contributed by atoms with E-state index in [0.717, 1.165) is 128 Å². The van der Waals surface area contributed by atoms with E-state index in [4.69, 9.17) is 28.4 Å². The Labute approximate surface area is 551 Å². The molecule has 0 aliphatic carbocycles. The van der Waals surface area contributed by atoms with Gasteiger partial charge in [0.25, 0.3) is 17.1 Å². The lowest BCUT2D eigenvalue weighted by Crippen LogP contribution is -2.25. The molecule has 9 rings (SSSR count). The molecule has 0 heterocycles. The van der Waals surface area contributed by atoms with Crippen molar-refractivity contribution in [1.29, 1.82) is 0 Å². The van der Waals surface area contributed by atoms with Gasteiger partial charge in [0, 0.05) is 41.8 Å². The third-order valence-corrected chi connectivity index (χ3v) is 15.6. The predicted octanol–water partition coefficient (Wildman–Crippen LogP) is 21.1. The van der Waals surface area contributed by atoms with Gasteiger partial charge in [-0.25, -0.2) is 0 Å². The summed E-state index contributed by atoms with van der Waals surface area (Å²) in [7, 11) is 0. The van der Waals surface area contributed by atoms with Crippen molar-refractivity contribution in [2.75, 3.05) is 39.6 Å². The van der Waals surface area contributed by atoms with E-state index in [-0.39, 0.29) is 17.1 Å². The number of rotatable bonds is 39. The zero-order chi connectivity index (χ0) is 66.3. The van der Waals surface area contributed by atoms with Gasteiger partial charge >= 0.3 is 0 Å². The van der Waals surface area contributed by atoms with Crippen molar-refractivity contribution in [2.24, 2.45) is 30.7 Å². The van der Waals surface area contributed by atoms with E-state index in [1.807, 2.05) is 72.8 Å². The number of hydrogen-bond donors (Lipinski definition) is 0. The molecule has 9 aromatic rings. The van der Waals surface area contributed by atoms with Crippen molar-refractivity contribution < 1.29 is 43.2 Å². The summed E-state index contributed by atoms with van der Waals surface area (Å²) in [5.41, 5.74) is 6.34. The molecule has 0 aliphatic heterocycles. The molecule has 0 aromatic heterocycles. The Kier molecular flexibility index (Phi) is 25.9. The molecule has 0 fully saturated rings. The summed E-state index contributed by atoms with van der Waals surface area (Å²) in [6, 6.07) is 65.0. The molecule has 0 spiro atoms. The topological polar surface area (TPSA) is 259 Å². The van der Waals surface area contributed by atoms with Crippen LogP contribution in [0, 0.1) is 30.3 Å². The number of nitro groups is 3. The normalized spacial score (nSPS) is 12.0. The fourth-order valence-corrected chi connectivity index (χ4v) is 10.1. The largest absolute Gasteiger partial charge is 0.494 e. The number of hydrogen-bond acceptors (Lipinski definition) is 18. The molecule has 0 aliphatic rings. The third-order valence-electron chi connectivity index (χ3n) is 15.6. The highest BCUT2D eigenvalue weighted by molar-refractivity contribution is 5.53. The molecule has 0 unspecified atom stereocenters. The van der Waals surface area contributed by atoms with Crippen LogP contribution in [0.3, 0.4) is 0 Å². The summed E-state index contributed by atoms with van der Waals surface area (Å²) in [5.74, 6) is 4.68. The third kappa shape index (κ3) is 22.0. The van der Waals surface area contributed by atoms with Crippen LogP contribution in [0.2, 0.25) is 0 Å². The first-order valence-electron chi connectivity index (χ1n) is 31.8. The zero-order valence-corrected chi connectivity index (χ0v) is 52.9. The van der Waals surface area contributed by atoms with Gasteiger partial charge in [0.1, 0.15) is 34.5 Å². The first-order valence-corrected chi connectivity index (χ1v) is 31.8. The van der Waals surface area contributed by atoms with Crippen LogP contribution in [0.1, 0.15) is 101 Å². The van der Waals surface area contributed by atoms with Crippen LogP contribution in [-0.4, -0.2) is 54.4 Å². The van der Waals surface area contributed by atoms with Crippen LogP contribution in [0.15, 0.2) is 249 Å². The fourth-order valence-electron chi connectivity index (χ4n) is 10.1. The lowest BCUT2D eigenvalue weighted by molar-refractivity contribution is -0.385. The summed E-state index contributed by atoms with van der Waals surface area (Å²) >= 11 is 0. The molecule has 0 radical (unpaired) electrons. The van der Waals surface area contributed by atoms with Crippen LogP contribution >= 0.6 is 0 Å². The van der Waals surface area contributed by atoms with Crippen LogP contribution in [0.4, 0.5) is 51.2 Å². The molecule has 0 atom stereocenters. The van der Waals surface area contributed by atoms with Crippen molar-refractivity contribution in [3.05, 3.63) is 265 Å². The minimum atomic E-state index is -0.527. The second kappa shape index (κ2) is 36.1. The molecular weight excluding hydrogens is 1210 g/mol. The fraction of sp³-hybridized carbons (Fsp3) is 0.270. The first-order chi connectivity index (χ1) is 46.4. The van der Waals surface area contributed by atoms with E-state index in [2.05, 4.69) is 110 Å². The molecule has 95 heavy (non-hydrogen) atoms. The summed E-state index contributed by atoms with van der Waals surface area (Å²) in [6.07, 6.45) is 11.5. The van der Waals surface area contributed by atoms with Crippen LogP contribution in [0.5, 0.6) is 34.5 Å². The Morgan fingerprint density at radius 3 is 0.579 bits per heavy atom. The lowest BCUT2D eigenvalue weighted by Gasteiger charge is -2.32. The van der Waals surface area contributed by atoms with Gasteiger partial charge in [0.05, 0.1) is 88.5 Å². The van der Waals surface area contributed by atoms with Crippen molar-refractivity contribution in [1.82, 2.24) is 0 Å². The number of non-ortho nitro benzene ring substituents is 3. The maximum atomic E-state index is 10.9. The zero-order valence-electron chi connectivity index (χ0n) is 52.9. The van der Waals surface area contributed by atoms with Gasteiger partial charge in [-0.3, -0.25) is 30.3 Å². The summed E-state index contributed by atoms with van der Waals surface area (Å²) in [6.45, 7) is 5.83. The highest BCUT2D eigenvalue weighted by atomic mass is 16.6. The lowest BCUT2D eigenvalue weighted by atomic mass is 9.71. The average Bonchev–Trinajstić information content (AvgIpc) is 0.781. The van der Waals surface area contributed by atoms with E-state index in [9.17, 15) is 30.3 Å². The van der Waals surface area contributed by atoms with Crippen LogP contribution < -0.4 is 28.4 Å². The maximum absolute atomic E-state index is 10.9. The van der Waals surface area contributed by atoms with Gasteiger partial charge in [-0.2, -0.15) is 30.7 Å². The monoisotopic (exact) mass is 1280 g/mol. The smallest absolute Gasteiger partial charge is 0.269 e. The maximum Gasteiger partial charge on any atom is 0.269 e. The van der Waals surface area contributed by atoms with Gasteiger partial charge < -0.3 is 28.4 Å². The van der Waals surface area contributed by atoms with Gasteiger partial charge in [-0.15, -0.1) is 0 Å². The van der Waals surface area contributed by atoms with E-state index in [1.165, 1.54) is 36.4 Å². The number of ether oxygens (including phenoxy) is 6. The van der Waals surface area contributed by atoms with Crippen molar-refractivity contribution in [3.63, 3.8) is 0 Å². The van der Waals surface area contributed by atoms with E-state index in [0.29, 0.717) is 73.8 Å². The molecule has 488 valence electrons. The number of nitrogens with zero attached hydrogens (tertiary/aromatic N) is 9. The average molecular weight is 1280 g/mol. The number of benzene rings is 9. The second-order valence-electron chi connectivity index (χ2n) is 22.4. The molecule has 0 amide bonds. The van der Waals surface area contributed by atoms with Gasteiger partial charge in [-0.05, 0) is 246 Å². The van der Waals surface area contributed by atoms with Crippen molar-refractivity contribution in [3.8, 4) is 34.5 Å². The highest BCUT2D eigenvalue weighted by Gasteiger charge is 2.31. The highest BCUT2D eigenvalue weighted by Crippen LogP contribution is 2.41. The standard InChI is InChI=1S/C74H75N9O12/c1-74(56-14-38-68(39-15-56)90-50-8-2-5-11-53-93-71-44-26-62(27-45-71)78-75-59-20-32-65(33-21-59)81(84)85,57-16-40-69(41-17-57)91-51-9-3-6-12-54-94-72-46-28-63(29-47-72)79-76-60-22-34-66(35-23-60)82(86)87)58-18-42-70(43-19-58)92-52-10-4-7-13-55-95-73-48-30-64(31-49-73)80-77-61-24-36-67(37-25-61)83(88)89/h14-49H,2-13,50-55H2,1H3. The Bertz CT molecular complexity index is 3510. The molecular formula is C74H75N9O12. The number of unbranched alkanes of at least 4 members (excludes halogenated alkanes) is 9. The predicted molar refractivity (Wildman–Crippen MR) is 364 cm³/mol. The minimum Gasteiger partial charge on any atom is -0.494 e.